The summed E-state index contributed by atoms with van der Waals surface area (Å²) in [5, 5.41) is 6.46. The number of carbonyl (C=O) groups excluding carboxylic acids is 1. The molecule has 0 radical (unpaired) electrons. The molecule has 0 N–H and O–H groups in total. The second-order valence-electron chi connectivity index (χ2n) is 7.51. The molecule has 2 aromatic rings. The first-order chi connectivity index (χ1) is 14.1. The summed E-state index contributed by atoms with van der Waals surface area (Å²) >= 11 is 0. The van der Waals surface area contributed by atoms with Crippen LogP contribution in [0.5, 0.6) is 11.5 Å². The molecule has 1 aliphatic heterocycles. The molecule has 1 aliphatic carbocycles. The van der Waals surface area contributed by atoms with Gasteiger partial charge in [-0.25, -0.2) is 5.01 Å². The highest BCUT2D eigenvalue weighted by atomic mass is 16.5. The second-order valence-corrected chi connectivity index (χ2v) is 7.51. The van der Waals surface area contributed by atoms with Crippen molar-refractivity contribution in [3.8, 4) is 11.5 Å². The Hall–Kier alpha value is -3.08. The number of methoxy groups -OCH3 is 2. The van der Waals surface area contributed by atoms with Crippen molar-refractivity contribution in [3.63, 3.8) is 0 Å². The molecule has 1 heterocycles. The number of amides is 1. The molecule has 0 unspecified atom stereocenters. The number of hydrogen-bond donors (Lipinski definition) is 0. The highest BCUT2D eigenvalue weighted by Gasteiger charge is 2.42. The standard InChI is InChI=1S/C24H26N2O3/c1-16(27)26-24(18-9-13-21(29-3)14-10-18)22-6-4-5-19(23(22)25-26)15-17-7-11-20(28-2)12-8-17/h7-15,22,24H,4-6H2,1-3H3/b19-15+/t22-,24-/m1/s1. The maximum Gasteiger partial charge on any atom is 0.240 e. The first-order valence-electron chi connectivity index (χ1n) is 9.98. The SMILES string of the molecule is COc1ccc(/C=C2\CCC[C@@H]3C2=NN(C(C)=O)[C@@H]3c2ccc(OC)cc2)cc1. The van der Waals surface area contributed by atoms with E-state index in [9.17, 15) is 4.79 Å². The van der Waals surface area contributed by atoms with Crippen molar-refractivity contribution >= 4 is 17.7 Å². The van der Waals surface area contributed by atoms with Crippen molar-refractivity contribution < 1.29 is 14.3 Å². The van der Waals surface area contributed by atoms with Gasteiger partial charge in [0.05, 0.1) is 26.0 Å². The van der Waals surface area contributed by atoms with Crippen LogP contribution in [0.2, 0.25) is 0 Å². The fraction of sp³-hybridized carbons (Fsp3) is 0.333. The van der Waals surface area contributed by atoms with Crippen LogP contribution in [0.3, 0.4) is 0 Å². The number of rotatable bonds is 4. The van der Waals surface area contributed by atoms with Gasteiger partial charge >= 0.3 is 0 Å². The summed E-state index contributed by atoms with van der Waals surface area (Å²) in [6.45, 7) is 1.59. The van der Waals surface area contributed by atoms with E-state index in [1.54, 1.807) is 26.2 Å². The van der Waals surface area contributed by atoms with Gasteiger partial charge in [0.25, 0.3) is 0 Å². The quantitative estimate of drug-likeness (QED) is 0.750. The molecule has 2 atom stereocenters. The molecule has 2 aliphatic rings. The maximum absolute atomic E-state index is 12.4. The summed E-state index contributed by atoms with van der Waals surface area (Å²) < 4.78 is 10.5. The minimum Gasteiger partial charge on any atom is -0.497 e. The molecule has 0 aromatic heterocycles. The number of carbonyl (C=O) groups is 1. The van der Waals surface area contributed by atoms with Crippen LogP contribution >= 0.6 is 0 Å². The zero-order valence-electron chi connectivity index (χ0n) is 17.1. The summed E-state index contributed by atoms with van der Waals surface area (Å²) in [6.07, 6.45) is 5.28. The molecule has 5 heteroatoms. The third-order valence-electron chi connectivity index (χ3n) is 5.74. The smallest absolute Gasteiger partial charge is 0.240 e. The van der Waals surface area contributed by atoms with Crippen molar-refractivity contribution in [1.29, 1.82) is 0 Å². The van der Waals surface area contributed by atoms with E-state index in [0.717, 1.165) is 47.6 Å². The van der Waals surface area contributed by atoms with Crippen LogP contribution in [0, 0.1) is 5.92 Å². The zero-order valence-corrected chi connectivity index (χ0v) is 17.1. The van der Waals surface area contributed by atoms with Gasteiger partial charge in [-0.2, -0.15) is 5.10 Å². The van der Waals surface area contributed by atoms with E-state index < -0.39 is 0 Å². The Bertz CT molecular complexity index is 945. The van der Waals surface area contributed by atoms with E-state index in [4.69, 9.17) is 14.6 Å². The predicted octanol–water partition coefficient (Wildman–Crippen LogP) is 4.85. The molecule has 1 amide bonds. The summed E-state index contributed by atoms with van der Waals surface area (Å²) in [5.74, 6) is 1.84. The molecular weight excluding hydrogens is 364 g/mol. The van der Waals surface area contributed by atoms with Gasteiger partial charge in [0.15, 0.2) is 0 Å². The van der Waals surface area contributed by atoms with Crippen LogP contribution in [-0.2, 0) is 4.79 Å². The molecule has 150 valence electrons. The van der Waals surface area contributed by atoms with Crippen LogP contribution in [0.15, 0.2) is 59.2 Å². The largest absolute Gasteiger partial charge is 0.497 e. The van der Waals surface area contributed by atoms with Crippen LogP contribution < -0.4 is 9.47 Å². The first-order valence-corrected chi connectivity index (χ1v) is 9.98. The molecule has 29 heavy (non-hydrogen) atoms. The number of hydrogen-bond acceptors (Lipinski definition) is 4. The van der Waals surface area contributed by atoms with Gasteiger partial charge in [-0.3, -0.25) is 4.79 Å². The van der Waals surface area contributed by atoms with E-state index in [0.29, 0.717) is 0 Å². The summed E-state index contributed by atoms with van der Waals surface area (Å²) in [4.78, 5) is 12.4. The number of nitrogens with zero attached hydrogens (tertiary/aromatic N) is 2. The highest BCUT2D eigenvalue weighted by molar-refractivity contribution is 6.08. The topological polar surface area (TPSA) is 51.1 Å². The van der Waals surface area contributed by atoms with Crippen LogP contribution in [0.4, 0.5) is 0 Å². The lowest BCUT2D eigenvalue weighted by Gasteiger charge is -2.29. The normalized spacial score (nSPS) is 22.2. The minimum absolute atomic E-state index is 0.0310. The lowest BCUT2D eigenvalue weighted by atomic mass is 9.77. The third kappa shape index (κ3) is 3.77. The zero-order chi connectivity index (χ0) is 20.4. The molecule has 1 saturated carbocycles. The van der Waals surface area contributed by atoms with Crippen molar-refractivity contribution in [2.24, 2.45) is 11.0 Å². The van der Waals surface area contributed by atoms with E-state index >= 15 is 0 Å². The molecule has 5 nitrogen and oxygen atoms in total. The van der Waals surface area contributed by atoms with Crippen LogP contribution in [-0.4, -0.2) is 30.8 Å². The minimum atomic E-state index is -0.0621. The van der Waals surface area contributed by atoms with E-state index in [2.05, 4.69) is 18.2 Å². The monoisotopic (exact) mass is 390 g/mol. The van der Waals surface area contributed by atoms with E-state index in [1.807, 2.05) is 36.4 Å². The molecule has 4 rings (SSSR count). The summed E-state index contributed by atoms with van der Waals surface area (Å²) in [5.41, 5.74) is 4.47. The first kappa shape index (κ1) is 19.2. The fourth-order valence-corrected chi connectivity index (χ4v) is 4.30. The lowest BCUT2D eigenvalue weighted by molar-refractivity contribution is -0.131. The van der Waals surface area contributed by atoms with Gasteiger partial charge in [-0.1, -0.05) is 24.3 Å². The molecule has 2 aromatic carbocycles. The fourth-order valence-electron chi connectivity index (χ4n) is 4.30. The predicted molar refractivity (Wildman–Crippen MR) is 114 cm³/mol. The molecular formula is C24H26N2O3. The van der Waals surface area contributed by atoms with Gasteiger partial charge in [-0.05, 0) is 66.3 Å². The van der Waals surface area contributed by atoms with Gasteiger partial charge in [0.1, 0.15) is 11.5 Å². The highest BCUT2D eigenvalue weighted by Crippen LogP contribution is 2.44. The lowest BCUT2D eigenvalue weighted by Crippen LogP contribution is -2.30. The average Bonchev–Trinajstić information content (AvgIpc) is 3.15. The van der Waals surface area contributed by atoms with Crippen molar-refractivity contribution in [3.05, 3.63) is 65.2 Å². The van der Waals surface area contributed by atoms with Crippen molar-refractivity contribution in [2.45, 2.75) is 32.2 Å². The molecule has 0 saturated heterocycles. The third-order valence-corrected chi connectivity index (χ3v) is 5.74. The van der Waals surface area contributed by atoms with Crippen LogP contribution in [0.1, 0.15) is 43.4 Å². The second kappa shape index (κ2) is 8.11. The molecule has 0 spiro atoms. The average molecular weight is 390 g/mol. The number of hydrazone groups is 1. The van der Waals surface area contributed by atoms with E-state index in [-0.39, 0.29) is 17.9 Å². The number of fused-ring (bicyclic) bond motifs is 1. The van der Waals surface area contributed by atoms with Gasteiger partial charge in [-0.15, -0.1) is 0 Å². The van der Waals surface area contributed by atoms with E-state index in [1.165, 1.54) is 5.57 Å². The Balaban J connectivity index is 1.68. The van der Waals surface area contributed by atoms with Gasteiger partial charge < -0.3 is 9.47 Å². The van der Waals surface area contributed by atoms with Crippen LogP contribution in [0.25, 0.3) is 6.08 Å². The summed E-state index contributed by atoms with van der Waals surface area (Å²) in [6, 6.07) is 15.9. The molecule has 0 bridgehead atoms. The van der Waals surface area contributed by atoms with Crippen molar-refractivity contribution in [2.75, 3.05) is 14.2 Å². The Morgan fingerprint density at radius 1 is 1.03 bits per heavy atom. The number of allylic oxidation sites excluding steroid dienone is 1. The Morgan fingerprint density at radius 2 is 1.66 bits per heavy atom. The van der Waals surface area contributed by atoms with Gasteiger partial charge in [0, 0.05) is 12.8 Å². The molecule has 1 fully saturated rings. The Kier molecular flexibility index (Phi) is 5.38. The Morgan fingerprint density at radius 3 is 2.24 bits per heavy atom. The Labute approximate surface area is 171 Å². The number of benzene rings is 2. The van der Waals surface area contributed by atoms with Gasteiger partial charge in [0.2, 0.25) is 5.91 Å². The van der Waals surface area contributed by atoms with Crippen molar-refractivity contribution in [1.82, 2.24) is 5.01 Å². The number of ether oxygens (including phenoxy) is 2. The maximum atomic E-state index is 12.4. The summed E-state index contributed by atoms with van der Waals surface area (Å²) in [7, 11) is 3.33.